The quantitative estimate of drug-likeness (QED) is 0.765. The van der Waals surface area contributed by atoms with Crippen molar-refractivity contribution in [3.05, 3.63) is 0 Å². The number of aliphatic carboxylic acids is 1. The second-order valence-corrected chi connectivity index (χ2v) is 6.00. The fraction of sp³-hybridized carbons (Fsp3) is 0.818. The van der Waals surface area contributed by atoms with Gasteiger partial charge in [0.1, 0.15) is 6.04 Å². The van der Waals surface area contributed by atoms with Gasteiger partial charge in [-0.15, -0.1) is 11.8 Å². The number of hydrogen-bond acceptors (Lipinski definition) is 4. The summed E-state index contributed by atoms with van der Waals surface area (Å²) in [5.41, 5.74) is 0. The maximum atomic E-state index is 12.1. The number of hydrogen-bond donors (Lipinski definition) is 2. The summed E-state index contributed by atoms with van der Waals surface area (Å²) in [6.07, 6.45) is 1.49. The number of thioether (sulfide) groups is 1. The number of carbonyl (C=O) groups excluding carboxylic acids is 1. The molecule has 3 atom stereocenters. The summed E-state index contributed by atoms with van der Waals surface area (Å²) >= 11 is 1.54. The molecular formula is C11H18N2O3S. The lowest BCUT2D eigenvalue weighted by molar-refractivity contribution is -0.149. The topological polar surface area (TPSA) is 69.6 Å². The van der Waals surface area contributed by atoms with Gasteiger partial charge in [0, 0.05) is 12.2 Å². The van der Waals surface area contributed by atoms with Gasteiger partial charge in [-0.25, -0.2) is 4.79 Å². The Hall–Kier alpha value is -0.750. The van der Waals surface area contributed by atoms with Crippen LogP contribution in [0.4, 0.5) is 0 Å². The van der Waals surface area contributed by atoms with Crippen LogP contribution in [0.1, 0.15) is 19.8 Å². The first-order chi connectivity index (χ1) is 8.09. The predicted octanol–water partition coefficient (Wildman–Crippen LogP) is 0.361. The van der Waals surface area contributed by atoms with E-state index in [1.54, 1.807) is 4.90 Å². The summed E-state index contributed by atoms with van der Waals surface area (Å²) in [5.74, 6) is -0.0244. The van der Waals surface area contributed by atoms with E-state index in [1.807, 2.05) is 6.92 Å². The third kappa shape index (κ3) is 2.74. The molecule has 2 fully saturated rings. The molecule has 2 aliphatic rings. The van der Waals surface area contributed by atoms with Crippen molar-refractivity contribution in [1.29, 1.82) is 0 Å². The molecule has 1 amide bonds. The average Bonchev–Trinajstić information content (AvgIpc) is 2.86. The van der Waals surface area contributed by atoms with E-state index in [0.29, 0.717) is 18.1 Å². The zero-order valence-electron chi connectivity index (χ0n) is 9.89. The number of carboxylic acid groups (broad SMARTS) is 1. The van der Waals surface area contributed by atoms with Crippen LogP contribution in [-0.2, 0) is 9.59 Å². The molecule has 0 radical (unpaired) electrons. The highest BCUT2D eigenvalue weighted by Gasteiger charge is 2.39. The zero-order valence-corrected chi connectivity index (χ0v) is 10.7. The first-order valence-corrected chi connectivity index (χ1v) is 7.00. The Bertz CT molecular complexity index is 318. The van der Waals surface area contributed by atoms with Crippen LogP contribution in [0.15, 0.2) is 0 Å². The zero-order chi connectivity index (χ0) is 12.4. The fourth-order valence-electron chi connectivity index (χ4n) is 2.45. The number of carboxylic acids is 1. The van der Waals surface area contributed by atoms with Crippen LogP contribution in [0, 0.1) is 5.92 Å². The van der Waals surface area contributed by atoms with Crippen molar-refractivity contribution in [2.45, 2.75) is 31.2 Å². The van der Waals surface area contributed by atoms with E-state index in [2.05, 4.69) is 5.32 Å². The van der Waals surface area contributed by atoms with Crippen molar-refractivity contribution in [1.82, 2.24) is 10.2 Å². The first kappa shape index (κ1) is 12.7. The van der Waals surface area contributed by atoms with Gasteiger partial charge < -0.3 is 15.3 Å². The summed E-state index contributed by atoms with van der Waals surface area (Å²) in [6.45, 7) is 3.74. The van der Waals surface area contributed by atoms with Crippen LogP contribution in [0.5, 0.6) is 0 Å². The van der Waals surface area contributed by atoms with Crippen LogP contribution >= 0.6 is 11.8 Å². The molecule has 0 aromatic heterocycles. The molecule has 0 aromatic carbocycles. The standard InChI is InChI=1S/C11H18N2O3S/c1-7-13(9(6-17-7)11(15)16)10(14)4-8-2-3-12-5-8/h7-9,12H,2-6H2,1H3,(H,15,16). The largest absolute Gasteiger partial charge is 0.480 e. The van der Waals surface area contributed by atoms with Crippen LogP contribution in [-0.4, -0.2) is 52.1 Å². The second kappa shape index (κ2) is 5.27. The molecule has 2 heterocycles. The van der Waals surface area contributed by atoms with Gasteiger partial charge in [0.05, 0.1) is 5.37 Å². The molecule has 2 N–H and O–H groups in total. The normalized spacial score (nSPS) is 33.0. The lowest BCUT2D eigenvalue weighted by Crippen LogP contribution is -2.45. The minimum absolute atomic E-state index is 0.0106. The number of rotatable bonds is 3. The molecule has 2 saturated heterocycles. The van der Waals surface area contributed by atoms with E-state index in [4.69, 9.17) is 5.11 Å². The van der Waals surface area contributed by atoms with E-state index >= 15 is 0 Å². The summed E-state index contributed by atoms with van der Waals surface area (Å²) < 4.78 is 0. The Labute approximate surface area is 105 Å². The predicted molar refractivity (Wildman–Crippen MR) is 65.8 cm³/mol. The van der Waals surface area contributed by atoms with Crippen molar-refractivity contribution in [2.75, 3.05) is 18.8 Å². The minimum Gasteiger partial charge on any atom is -0.480 e. The molecule has 0 spiro atoms. The van der Waals surface area contributed by atoms with Crippen molar-refractivity contribution < 1.29 is 14.7 Å². The molecule has 2 rings (SSSR count). The third-order valence-corrected chi connectivity index (χ3v) is 4.64. The van der Waals surface area contributed by atoms with Gasteiger partial charge in [0.25, 0.3) is 0 Å². The molecule has 17 heavy (non-hydrogen) atoms. The molecule has 6 heteroatoms. The van der Waals surface area contributed by atoms with Gasteiger partial charge in [0.2, 0.25) is 5.91 Å². The highest BCUT2D eigenvalue weighted by atomic mass is 32.2. The lowest BCUT2D eigenvalue weighted by atomic mass is 10.0. The number of amides is 1. The molecule has 0 aliphatic carbocycles. The molecule has 96 valence electrons. The Balaban J connectivity index is 1.98. The Morgan fingerprint density at radius 3 is 2.88 bits per heavy atom. The Morgan fingerprint density at radius 2 is 2.29 bits per heavy atom. The maximum Gasteiger partial charge on any atom is 0.327 e. The molecule has 0 bridgehead atoms. The van der Waals surface area contributed by atoms with Gasteiger partial charge in [-0.1, -0.05) is 0 Å². The Kier molecular flexibility index (Phi) is 3.93. The Morgan fingerprint density at radius 1 is 1.53 bits per heavy atom. The average molecular weight is 258 g/mol. The van der Waals surface area contributed by atoms with Crippen LogP contribution in [0.3, 0.4) is 0 Å². The maximum absolute atomic E-state index is 12.1. The van der Waals surface area contributed by atoms with Gasteiger partial charge in [-0.3, -0.25) is 4.79 Å². The molecule has 0 saturated carbocycles. The monoisotopic (exact) mass is 258 g/mol. The van der Waals surface area contributed by atoms with E-state index in [0.717, 1.165) is 19.5 Å². The SMILES string of the molecule is CC1SCC(C(=O)O)N1C(=O)CC1CCNC1. The third-order valence-electron chi connectivity index (χ3n) is 3.42. The van der Waals surface area contributed by atoms with Gasteiger partial charge >= 0.3 is 5.97 Å². The van der Waals surface area contributed by atoms with Crippen LogP contribution < -0.4 is 5.32 Å². The van der Waals surface area contributed by atoms with Gasteiger partial charge in [-0.2, -0.15) is 0 Å². The molecule has 2 aliphatic heterocycles. The molecular weight excluding hydrogens is 240 g/mol. The van der Waals surface area contributed by atoms with E-state index in [9.17, 15) is 9.59 Å². The fourth-order valence-corrected chi connectivity index (χ4v) is 3.64. The van der Waals surface area contributed by atoms with Crippen molar-refractivity contribution in [3.8, 4) is 0 Å². The first-order valence-electron chi connectivity index (χ1n) is 5.96. The molecule has 0 aromatic rings. The number of nitrogens with zero attached hydrogens (tertiary/aromatic N) is 1. The summed E-state index contributed by atoms with van der Waals surface area (Å²) in [5, 5.41) is 12.3. The van der Waals surface area contributed by atoms with Gasteiger partial charge in [-0.05, 0) is 32.4 Å². The van der Waals surface area contributed by atoms with Crippen molar-refractivity contribution in [3.63, 3.8) is 0 Å². The highest BCUT2D eigenvalue weighted by Crippen LogP contribution is 2.30. The van der Waals surface area contributed by atoms with Crippen molar-refractivity contribution >= 4 is 23.6 Å². The van der Waals surface area contributed by atoms with Crippen molar-refractivity contribution in [2.24, 2.45) is 5.92 Å². The van der Waals surface area contributed by atoms with Crippen LogP contribution in [0.2, 0.25) is 0 Å². The second-order valence-electron chi connectivity index (χ2n) is 4.65. The summed E-state index contributed by atoms with van der Waals surface area (Å²) in [7, 11) is 0. The molecule has 3 unspecified atom stereocenters. The van der Waals surface area contributed by atoms with E-state index < -0.39 is 12.0 Å². The van der Waals surface area contributed by atoms with Crippen LogP contribution in [0.25, 0.3) is 0 Å². The lowest BCUT2D eigenvalue weighted by Gasteiger charge is -2.26. The minimum atomic E-state index is -0.889. The summed E-state index contributed by atoms with van der Waals surface area (Å²) in [6, 6.07) is -0.642. The van der Waals surface area contributed by atoms with Gasteiger partial charge in [0.15, 0.2) is 0 Å². The highest BCUT2D eigenvalue weighted by molar-refractivity contribution is 8.00. The number of nitrogens with one attached hydrogen (secondary N) is 1. The smallest absolute Gasteiger partial charge is 0.327 e. The summed E-state index contributed by atoms with van der Waals surface area (Å²) in [4.78, 5) is 24.8. The number of carbonyl (C=O) groups is 2. The van der Waals surface area contributed by atoms with E-state index in [1.165, 1.54) is 11.8 Å². The molecule has 5 nitrogen and oxygen atoms in total. The van der Waals surface area contributed by atoms with E-state index in [-0.39, 0.29) is 11.3 Å².